The lowest BCUT2D eigenvalue weighted by atomic mass is 9.81. The average molecular weight is 572 g/mol. The molecule has 6 N–H and O–H groups in total. The Morgan fingerprint density at radius 3 is 1.29 bits per heavy atom. The first kappa shape index (κ1) is 29.8. The minimum atomic E-state index is -5.13. The van der Waals surface area contributed by atoms with Crippen LogP contribution < -0.4 is 19.7 Å². The summed E-state index contributed by atoms with van der Waals surface area (Å²) < 4.78 is 32.9. The molecule has 14 nitrogen and oxygen atoms in total. The van der Waals surface area contributed by atoms with E-state index in [2.05, 4.69) is 10.6 Å². The van der Waals surface area contributed by atoms with Crippen molar-refractivity contribution in [3.8, 4) is 11.5 Å². The van der Waals surface area contributed by atoms with Crippen LogP contribution in [0.2, 0.25) is 0 Å². The second kappa shape index (κ2) is 11.5. The minimum absolute atomic E-state index is 0.164. The van der Waals surface area contributed by atoms with Crippen molar-refractivity contribution in [2.24, 2.45) is 0 Å². The fourth-order valence-corrected chi connectivity index (χ4v) is 4.69. The molecule has 0 fully saturated rings. The number of anilines is 2. The molecule has 0 bridgehead atoms. The number of hydrogen-bond donors (Lipinski definition) is 6. The van der Waals surface area contributed by atoms with E-state index in [9.17, 15) is 38.3 Å². The lowest BCUT2D eigenvalue weighted by Gasteiger charge is -2.27. The molecule has 2 aromatic rings. The summed E-state index contributed by atoms with van der Waals surface area (Å²) in [4.78, 5) is 69.3. The van der Waals surface area contributed by atoms with Gasteiger partial charge in [0.1, 0.15) is 11.5 Å². The van der Waals surface area contributed by atoms with Gasteiger partial charge in [-0.2, -0.15) is 0 Å². The molecule has 3 rings (SSSR count). The van der Waals surface area contributed by atoms with Gasteiger partial charge in [0.05, 0.1) is 22.3 Å². The van der Waals surface area contributed by atoms with Crippen LogP contribution in [0.15, 0.2) is 24.3 Å². The first-order valence-corrected chi connectivity index (χ1v) is 14.4. The molecular weight excluding hydrogens is 542 g/mol. The molecule has 208 valence electrons. The van der Waals surface area contributed by atoms with Gasteiger partial charge in [0.15, 0.2) is 0 Å². The van der Waals surface area contributed by atoms with Gasteiger partial charge in [-0.1, -0.05) is 0 Å². The summed E-state index contributed by atoms with van der Waals surface area (Å²) in [7, 11) is -2.95. The standard InChI is InChI=1S/C22H30N4O10P2/c1-25(2)11-9-23-13-5-7-15(35-37(29,30)31)19-17(13)21(27)20-16(36-38(32,33)34)8-6-14(18(20)22(19)28)24-10-12-26(3)4/h5-8,23-24H,9-12H2,1-4H3,(H2,29,30,31)(H2,32,33,34). The number of hydrogen-bond acceptors (Lipinski definition) is 10. The smallest absolute Gasteiger partial charge is 0.403 e. The van der Waals surface area contributed by atoms with Crippen molar-refractivity contribution < 1.29 is 47.3 Å². The Hall–Kier alpha value is -2.80. The van der Waals surface area contributed by atoms with Crippen LogP contribution in [0.5, 0.6) is 11.5 Å². The van der Waals surface area contributed by atoms with E-state index >= 15 is 0 Å². The molecule has 0 unspecified atom stereocenters. The third-order valence-corrected chi connectivity index (χ3v) is 6.30. The normalized spacial score (nSPS) is 13.4. The van der Waals surface area contributed by atoms with Crippen LogP contribution in [0.1, 0.15) is 31.8 Å². The molecule has 16 heteroatoms. The van der Waals surface area contributed by atoms with Crippen molar-refractivity contribution in [1.82, 2.24) is 9.80 Å². The third kappa shape index (κ3) is 7.19. The predicted molar refractivity (Wildman–Crippen MR) is 139 cm³/mol. The van der Waals surface area contributed by atoms with E-state index in [1.807, 2.05) is 38.0 Å². The highest BCUT2D eigenvalue weighted by molar-refractivity contribution is 7.47. The minimum Gasteiger partial charge on any atom is -0.403 e. The summed E-state index contributed by atoms with van der Waals surface area (Å²) in [6, 6.07) is 5.00. The topological polar surface area (TPSA) is 198 Å². The Morgan fingerprint density at radius 2 is 1.00 bits per heavy atom. The van der Waals surface area contributed by atoms with Gasteiger partial charge in [0.2, 0.25) is 11.6 Å². The number of phosphoric ester groups is 2. The van der Waals surface area contributed by atoms with E-state index in [1.54, 1.807) is 0 Å². The van der Waals surface area contributed by atoms with E-state index in [0.717, 1.165) is 0 Å². The van der Waals surface area contributed by atoms with Crippen molar-refractivity contribution in [2.75, 3.05) is 65.0 Å². The van der Waals surface area contributed by atoms with Gasteiger partial charge < -0.3 is 29.5 Å². The van der Waals surface area contributed by atoms with Crippen molar-refractivity contribution in [1.29, 1.82) is 0 Å². The Balaban J connectivity index is 2.26. The van der Waals surface area contributed by atoms with Crippen LogP contribution in [0.4, 0.5) is 11.4 Å². The second-order valence-corrected chi connectivity index (χ2v) is 11.3. The van der Waals surface area contributed by atoms with Crippen LogP contribution in [-0.2, 0) is 9.13 Å². The van der Waals surface area contributed by atoms with Gasteiger partial charge in [0.25, 0.3) is 0 Å². The van der Waals surface area contributed by atoms with Crippen molar-refractivity contribution in [3.05, 3.63) is 46.5 Å². The van der Waals surface area contributed by atoms with E-state index in [1.165, 1.54) is 24.3 Å². The SMILES string of the molecule is CN(C)CCNc1ccc(OP(=O)(O)O)c2c1C(=O)c1c(OP(=O)(O)O)ccc(NCCN(C)C)c1C2=O. The van der Waals surface area contributed by atoms with Gasteiger partial charge in [-0.15, -0.1) is 0 Å². The summed E-state index contributed by atoms with van der Waals surface area (Å²) in [6.45, 7) is 1.76. The predicted octanol–water partition coefficient (Wildman–Crippen LogP) is 1.35. The molecule has 1 aliphatic carbocycles. The molecule has 0 aliphatic heterocycles. The fourth-order valence-electron chi connectivity index (χ4n) is 3.87. The van der Waals surface area contributed by atoms with Gasteiger partial charge in [0, 0.05) is 37.6 Å². The lowest BCUT2D eigenvalue weighted by Crippen LogP contribution is -2.28. The molecule has 0 spiro atoms. The maximum Gasteiger partial charge on any atom is 0.524 e. The Morgan fingerprint density at radius 1 is 0.658 bits per heavy atom. The van der Waals surface area contributed by atoms with E-state index in [-0.39, 0.29) is 22.5 Å². The largest absolute Gasteiger partial charge is 0.524 e. The molecule has 1 aliphatic rings. The number of benzene rings is 2. The molecule has 0 amide bonds. The summed E-state index contributed by atoms with van der Waals surface area (Å²) >= 11 is 0. The number of phosphoric acid groups is 2. The molecule has 0 atom stereocenters. The number of carbonyl (C=O) groups is 2. The molecule has 0 radical (unpaired) electrons. The van der Waals surface area contributed by atoms with Gasteiger partial charge >= 0.3 is 15.6 Å². The number of nitrogens with one attached hydrogen (secondary N) is 2. The summed E-state index contributed by atoms with van der Waals surface area (Å²) in [5, 5.41) is 6.05. The van der Waals surface area contributed by atoms with Crippen molar-refractivity contribution in [3.63, 3.8) is 0 Å². The molecular formula is C22H30N4O10P2. The quantitative estimate of drug-likeness (QED) is 0.170. The highest BCUT2D eigenvalue weighted by Gasteiger charge is 2.40. The number of ketones is 2. The second-order valence-electron chi connectivity index (χ2n) is 9.00. The first-order chi connectivity index (χ1) is 17.6. The number of fused-ring (bicyclic) bond motifs is 2. The molecule has 0 heterocycles. The van der Waals surface area contributed by atoms with Crippen LogP contribution in [0.25, 0.3) is 0 Å². The summed E-state index contributed by atoms with van der Waals surface area (Å²) in [5.41, 5.74) is -1.01. The fraction of sp³-hybridized carbons (Fsp3) is 0.364. The number of nitrogens with zero attached hydrogens (tertiary/aromatic N) is 2. The molecule has 0 saturated carbocycles. The van der Waals surface area contributed by atoms with Gasteiger partial charge in [-0.25, -0.2) is 9.13 Å². The number of rotatable bonds is 12. The van der Waals surface area contributed by atoms with Crippen LogP contribution in [-0.4, -0.2) is 95.3 Å². The van der Waals surface area contributed by atoms with Crippen LogP contribution >= 0.6 is 15.6 Å². The number of carbonyl (C=O) groups excluding carboxylic acids is 2. The average Bonchev–Trinajstić information content (AvgIpc) is 2.76. The molecule has 0 aromatic heterocycles. The molecule has 2 aromatic carbocycles. The van der Waals surface area contributed by atoms with Crippen molar-refractivity contribution in [2.45, 2.75) is 0 Å². The monoisotopic (exact) mass is 572 g/mol. The van der Waals surface area contributed by atoms with Crippen LogP contribution in [0, 0.1) is 0 Å². The lowest BCUT2D eigenvalue weighted by molar-refractivity contribution is 0.0976. The Labute approximate surface area is 219 Å². The third-order valence-electron chi connectivity index (χ3n) is 5.43. The highest BCUT2D eigenvalue weighted by atomic mass is 31.2. The van der Waals surface area contributed by atoms with Crippen LogP contribution in [0.3, 0.4) is 0 Å². The molecule has 0 saturated heterocycles. The summed E-state index contributed by atoms with van der Waals surface area (Å²) in [5.74, 6) is -2.73. The maximum atomic E-state index is 13.9. The van der Waals surface area contributed by atoms with Gasteiger partial charge in [-0.05, 0) is 52.5 Å². The number of likely N-dealkylation sites (N-methyl/N-ethyl adjacent to an activating group) is 2. The maximum absolute atomic E-state index is 13.9. The zero-order chi connectivity index (χ0) is 28.4. The van der Waals surface area contributed by atoms with Crippen molar-refractivity contribution >= 4 is 38.6 Å². The van der Waals surface area contributed by atoms with E-state index in [4.69, 9.17) is 9.05 Å². The zero-order valence-electron chi connectivity index (χ0n) is 21.2. The Bertz CT molecular complexity index is 1230. The Kier molecular flexibility index (Phi) is 9.02. The van der Waals surface area contributed by atoms with E-state index in [0.29, 0.717) is 26.2 Å². The summed E-state index contributed by atoms with van der Waals surface area (Å²) in [6.07, 6.45) is 0. The first-order valence-electron chi connectivity index (χ1n) is 11.3. The van der Waals surface area contributed by atoms with Gasteiger partial charge in [-0.3, -0.25) is 29.2 Å². The zero-order valence-corrected chi connectivity index (χ0v) is 23.0. The molecule has 38 heavy (non-hydrogen) atoms. The van der Waals surface area contributed by atoms with E-state index < -0.39 is 49.8 Å². The highest BCUT2D eigenvalue weighted by Crippen LogP contribution is 2.48.